The van der Waals surface area contributed by atoms with Crippen LogP contribution in [0.4, 0.5) is 0 Å². The number of amides is 1. The number of rotatable bonds is 38. The number of phosphoric acid groups is 1. The van der Waals surface area contributed by atoms with Crippen LogP contribution in [0.5, 0.6) is 0 Å². The SMILES string of the molecule is CCCCC/C=C/C(O)C(COP(=O)([O-])OCC[N+](C)(C)C)NC(=O)CCCCCCCCCCCCCCCCCCCCCCCCC. The number of hydrogen-bond donors (Lipinski definition) is 2. The number of nitrogens with one attached hydrogen (secondary N) is 1. The number of quaternary nitrogens is 1. The Morgan fingerprint density at radius 2 is 1.08 bits per heavy atom. The molecular weight excluding hydrogens is 647 g/mol. The summed E-state index contributed by atoms with van der Waals surface area (Å²) in [5, 5.41) is 13.5. The van der Waals surface area contributed by atoms with Crippen molar-refractivity contribution in [3.63, 3.8) is 0 Å². The third-order valence-electron chi connectivity index (χ3n) is 9.50. The molecule has 0 aromatic carbocycles. The monoisotopic (exact) mass is 731 g/mol. The number of aliphatic hydroxyl groups excluding tert-OH is 1. The van der Waals surface area contributed by atoms with E-state index in [2.05, 4.69) is 19.2 Å². The number of nitrogens with zero attached hydrogens (tertiary/aromatic N) is 1. The lowest BCUT2D eigenvalue weighted by Crippen LogP contribution is -2.45. The van der Waals surface area contributed by atoms with E-state index < -0.39 is 20.0 Å². The van der Waals surface area contributed by atoms with Crippen LogP contribution in [-0.2, 0) is 18.4 Å². The van der Waals surface area contributed by atoms with Gasteiger partial charge in [0, 0.05) is 6.42 Å². The molecular formula is C41H83N2O6P. The zero-order valence-electron chi connectivity index (χ0n) is 33.6. The third kappa shape index (κ3) is 35.6. The van der Waals surface area contributed by atoms with Crippen molar-refractivity contribution in [1.29, 1.82) is 0 Å². The Morgan fingerprint density at radius 1 is 0.680 bits per heavy atom. The maximum atomic E-state index is 12.7. The molecule has 3 atom stereocenters. The topological polar surface area (TPSA) is 108 Å². The molecule has 0 fully saturated rings. The molecule has 0 aliphatic carbocycles. The fourth-order valence-electron chi connectivity index (χ4n) is 6.09. The highest BCUT2D eigenvalue weighted by atomic mass is 31.2. The van der Waals surface area contributed by atoms with E-state index in [4.69, 9.17) is 9.05 Å². The molecule has 9 heteroatoms. The first-order valence-electron chi connectivity index (χ1n) is 21.1. The van der Waals surface area contributed by atoms with Gasteiger partial charge in [-0.25, -0.2) is 0 Å². The lowest BCUT2D eigenvalue weighted by atomic mass is 10.0. The second-order valence-electron chi connectivity index (χ2n) is 15.7. The van der Waals surface area contributed by atoms with Crippen LogP contribution in [0, 0.1) is 0 Å². The summed E-state index contributed by atoms with van der Waals surface area (Å²) in [4.78, 5) is 25.0. The highest BCUT2D eigenvalue weighted by molar-refractivity contribution is 7.45. The second kappa shape index (κ2) is 34.0. The van der Waals surface area contributed by atoms with Gasteiger partial charge in [-0.2, -0.15) is 0 Å². The molecule has 50 heavy (non-hydrogen) atoms. The smallest absolute Gasteiger partial charge is 0.268 e. The Bertz CT molecular complexity index is 834. The van der Waals surface area contributed by atoms with Crippen molar-refractivity contribution in [2.24, 2.45) is 0 Å². The normalized spacial score (nSPS) is 14.6. The lowest BCUT2D eigenvalue weighted by Gasteiger charge is -2.29. The van der Waals surface area contributed by atoms with Gasteiger partial charge in [-0.1, -0.05) is 180 Å². The fourth-order valence-corrected chi connectivity index (χ4v) is 6.82. The van der Waals surface area contributed by atoms with E-state index in [-0.39, 0.29) is 19.1 Å². The van der Waals surface area contributed by atoms with Gasteiger partial charge in [-0.3, -0.25) is 9.36 Å². The minimum Gasteiger partial charge on any atom is -0.756 e. The third-order valence-corrected chi connectivity index (χ3v) is 10.5. The summed E-state index contributed by atoms with van der Waals surface area (Å²) in [6.45, 7) is 4.54. The van der Waals surface area contributed by atoms with Gasteiger partial charge in [0.1, 0.15) is 13.2 Å². The standard InChI is InChI=1S/C41H83N2O6P/c1-6-8-10-12-13-14-15-16-17-18-19-20-21-22-23-24-25-26-27-28-29-31-33-35-41(45)42-39(40(44)34-32-30-11-9-7-2)38-49-50(46,47)48-37-36-43(3,4)5/h32,34,39-40,44H,6-31,33,35-38H2,1-5H3,(H-,42,45,46,47)/b34-32+. The van der Waals surface area contributed by atoms with Crippen molar-refractivity contribution in [1.82, 2.24) is 5.32 Å². The molecule has 0 aromatic rings. The number of phosphoric ester groups is 1. The summed E-state index contributed by atoms with van der Waals surface area (Å²) < 4.78 is 23.0. The van der Waals surface area contributed by atoms with Crippen molar-refractivity contribution in [3.8, 4) is 0 Å². The maximum absolute atomic E-state index is 12.7. The highest BCUT2D eigenvalue weighted by Gasteiger charge is 2.23. The zero-order valence-corrected chi connectivity index (χ0v) is 34.5. The molecule has 0 spiro atoms. The van der Waals surface area contributed by atoms with E-state index in [1.54, 1.807) is 6.08 Å². The summed E-state index contributed by atoms with van der Waals surface area (Å²) in [5.74, 6) is -0.202. The number of hydrogen-bond acceptors (Lipinski definition) is 6. The first-order valence-corrected chi connectivity index (χ1v) is 22.5. The van der Waals surface area contributed by atoms with Crippen LogP contribution in [0.15, 0.2) is 12.2 Å². The summed E-state index contributed by atoms with van der Waals surface area (Å²) >= 11 is 0. The molecule has 298 valence electrons. The Morgan fingerprint density at radius 3 is 1.50 bits per heavy atom. The Kier molecular flexibility index (Phi) is 33.5. The van der Waals surface area contributed by atoms with Crippen LogP contribution in [0.3, 0.4) is 0 Å². The van der Waals surface area contributed by atoms with Gasteiger partial charge in [0.2, 0.25) is 5.91 Å². The number of likely N-dealkylation sites (N-methyl/N-ethyl adjacent to an activating group) is 1. The molecule has 0 heterocycles. The number of unbranched alkanes of at least 4 members (excludes halogenated alkanes) is 25. The Hall–Kier alpha value is -0.760. The van der Waals surface area contributed by atoms with Crippen molar-refractivity contribution < 1.29 is 32.9 Å². The van der Waals surface area contributed by atoms with Crippen LogP contribution in [0.1, 0.15) is 194 Å². The molecule has 3 unspecified atom stereocenters. The van der Waals surface area contributed by atoms with Crippen molar-refractivity contribution in [3.05, 3.63) is 12.2 Å². The summed E-state index contributed by atoms with van der Waals surface area (Å²) in [5.41, 5.74) is 0. The van der Waals surface area contributed by atoms with Crippen LogP contribution in [-0.4, -0.2) is 68.5 Å². The van der Waals surface area contributed by atoms with E-state index in [0.717, 1.165) is 44.9 Å². The highest BCUT2D eigenvalue weighted by Crippen LogP contribution is 2.38. The van der Waals surface area contributed by atoms with Crippen molar-refractivity contribution >= 4 is 13.7 Å². The van der Waals surface area contributed by atoms with Crippen molar-refractivity contribution in [2.45, 2.75) is 206 Å². The number of allylic oxidation sites excluding steroid dienone is 1. The van der Waals surface area contributed by atoms with Gasteiger partial charge in [0.05, 0.1) is 39.9 Å². The summed E-state index contributed by atoms with van der Waals surface area (Å²) in [6, 6.07) is -0.876. The zero-order chi connectivity index (χ0) is 37.2. The van der Waals surface area contributed by atoms with E-state index >= 15 is 0 Å². The van der Waals surface area contributed by atoms with Crippen LogP contribution < -0.4 is 10.2 Å². The molecule has 0 saturated carbocycles. The van der Waals surface area contributed by atoms with E-state index in [0.29, 0.717) is 17.4 Å². The second-order valence-corrected chi connectivity index (χ2v) is 17.1. The quantitative estimate of drug-likeness (QED) is 0.0283. The molecule has 1 amide bonds. The molecule has 0 aliphatic rings. The minimum atomic E-state index is -4.56. The molecule has 0 rings (SSSR count). The van der Waals surface area contributed by atoms with E-state index in [1.807, 2.05) is 27.2 Å². The largest absolute Gasteiger partial charge is 0.756 e. The molecule has 0 aliphatic heterocycles. The number of carbonyl (C=O) groups excluding carboxylic acids is 1. The Labute approximate surface area is 310 Å². The van der Waals surface area contributed by atoms with Gasteiger partial charge >= 0.3 is 0 Å². The van der Waals surface area contributed by atoms with Crippen LogP contribution in [0.2, 0.25) is 0 Å². The fraction of sp³-hybridized carbons (Fsp3) is 0.927. The summed E-state index contributed by atoms with van der Waals surface area (Å²) in [6.07, 6.45) is 37.4. The lowest BCUT2D eigenvalue weighted by molar-refractivity contribution is -0.870. The van der Waals surface area contributed by atoms with Gasteiger partial charge < -0.3 is 28.8 Å². The molecule has 0 saturated heterocycles. The van der Waals surface area contributed by atoms with Crippen LogP contribution in [0.25, 0.3) is 0 Å². The summed E-state index contributed by atoms with van der Waals surface area (Å²) in [7, 11) is 1.26. The minimum absolute atomic E-state index is 0.000720. The maximum Gasteiger partial charge on any atom is 0.268 e. The van der Waals surface area contributed by atoms with E-state index in [1.165, 1.54) is 128 Å². The average molecular weight is 731 g/mol. The average Bonchev–Trinajstić information content (AvgIpc) is 3.06. The van der Waals surface area contributed by atoms with Gasteiger partial charge in [0.15, 0.2) is 0 Å². The van der Waals surface area contributed by atoms with Gasteiger partial charge in [0.25, 0.3) is 7.82 Å². The number of aliphatic hydroxyl groups is 1. The van der Waals surface area contributed by atoms with Gasteiger partial charge in [-0.15, -0.1) is 0 Å². The molecule has 2 N–H and O–H groups in total. The van der Waals surface area contributed by atoms with Gasteiger partial charge in [-0.05, 0) is 19.3 Å². The first kappa shape index (κ1) is 49.2. The molecule has 0 bridgehead atoms. The van der Waals surface area contributed by atoms with E-state index in [9.17, 15) is 19.4 Å². The first-order chi connectivity index (χ1) is 24.0. The molecule has 8 nitrogen and oxygen atoms in total. The Balaban J connectivity index is 4.00. The molecule has 0 radical (unpaired) electrons. The van der Waals surface area contributed by atoms with Crippen molar-refractivity contribution in [2.75, 3.05) is 40.9 Å². The predicted molar refractivity (Wildman–Crippen MR) is 210 cm³/mol. The number of carbonyl (C=O) groups is 1. The predicted octanol–water partition coefficient (Wildman–Crippen LogP) is 10.6. The molecule has 0 aromatic heterocycles. The van der Waals surface area contributed by atoms with Crippen LogP contribution >= 0.6 is 7.82 Å².